The number of nitro groups is 1. The van der Waals surface area contributed by atoms with Crippen LogP contribution < -0.4 is 5.32 Å². The summed E-state index contributed by atoms with van der Waals surface area (Å²) < 4.78 is 0. The van der Waals surface area contributed by atoms with E-state index in [-0.39, 0.29) is 10.6 Å². The topological polar surface area (TPSA) is 68.1 Å². The average molecular weight is 273 g/mol. The number of nitro benzene ring substituents is 1. The van der Waals surface area contributed by atoms with Gasteiger partial charge in [0.05, 0.1) is 10.3 Å². The molecule has 0 aliphatic heterocycles. The van der Waals surface area contributed by atoms with E-state index >= 15 is 0 Å². The highest BCUT2D eigenvalue weighted by molar-refractivity contribution is 5.99. The Kier molecular flexibility index (Phi) is 4.50. The minimum absolute atomic E-state index is 0.120. The lowest BCUT2D eigenvalue weighted by molar-refractivity contribution is -0.383. The van der Waals surface area contributed by atoms with E-state index in [1.54, 1.807) is 30.6 Å². The van der Waals surface area contributed by atoms with Crippen LogP contribution in [-0.4, -0.2) is 16.5 Å². The molecule has 2 aromatic rings. The lowest BCUT2D eigenvalue weighted by atomic mass is 10.1. The van der Waals surface area contributed by atoms with Gasteiger partial charge in [0.2, 0.25) is 0 Å². The van der Waals surface area contributed by atoms with Gasteiger partial charge in [-0.2, -0.15) is 0 Å². The second kappa shape index (κ2) is 6.32. The second-order valence-electron chi connectivity index (χ2n) is 5.27. The lowest BCUT2D eigenvalue weighted by Gasteiger charge is -2.10. The third kappa shape index (κ3) is 3.23. The molecule has 0 radical (unpaired) electrons. The summed E-state index contributed by atoms with van der Waals surface area (Å²) in [6.07, 6.45) is 5.50. The molecule has 5 heteroatoms. The van der Waals surface area contributed by atoms with E-state index in [1.165, 1.54) is 0 Å². The number of aromatic nitrogens is 1. The first-order chi connectivity index (χ1) is 9.59. The molecule has 5 nitrogen and oxygen atoms in total. The molecule has 0 saturated carbocycles. The predicted octanol–water partition coefficient (Wildman–Crippen LogP) is 3.99. The Morgan fingerprint density at radius 3 is 2.80 bits per heavy atom. The fraction of sp³-hybridized carbons (Fsp3) is 0.400. The van der Waals surface area contributed by atoms with Gasteiger partial charge in [0.25, 0.3) is 5.69 Å². The summed E-state index contributed by atoms with van der Waals surface area (Å²) in [5.41, 5.74) is 1.03. The highest BCUT2D eigenvalue weighted by Gasteiger charge is 2.13. The van der Waals surface area contributed by atoms with E-state index in [2.05, 4.69) is 24.1 Å². The quantitative estimate of drug-likeness (QED) is 0.491. The minimum atomic E-state index is -0.356. The van der Waals surface area contributed by atoms with Crippen molar-refractivity contribution in [3.8, 4) is 0 Å². The van der Waals surface area contributed by atoms with Crippen molar-refractivity contribution in [3.05, 3.63) is 40.7 Å². The molecule has 1 aromatic carbocycles. The number of benzene rings is 1. The van der Waals surface area contributed by atoms with Crippen LogP contribution in [0.4, 0.5) is 11.4 Å². The van der Waals surface area contributed by atoms with Gasteiger partial charge in [0, 0.05) is 36.1 Å². The van der Waals surface area contributed by atoms with E-state index in [0.29, 0.717) is 11.3 Å². The molecule has 0 aliphatic carbocycles. The molecule has 0 atom stereocenters. The highest BCUT2D eigenvalue weighted by atomic mass is 16.6. The Morgan fingerprint density at radius 1 is 1.30 bits per heavy atom. The van der Waals surface area contributed by atoms with Gasteiger partial charge in [-0.05, 0) is 30.9 Å². The Morgan fingerprint density at radius 2 is 2.10 bits per heavy atom. The molecule has 0 amide bonds. The van der Waals surface area contributed by atoms with Crippen molar-refractivity contribution in [1.82, 2.24) is 4.98 Å². The maximum Gasteiger partial charge on any atom is 0.277 e. The number of rotatable bonds is 6. The summed E-state index contributed by atoms with van der Waals surface area (Å²) in [4.78, 5) is 14.7. The van der Waals surface area contributed by atoms with E-state index in [1.807, 2.05) is 0 Å². The van der Waals surface area contributed by atoms with Gasteiger partial charge in [-0.3, -0.25) is 15.1 Å². The summed E-state index contributed by atoms with van der Waals surface area (Å²) >= 11 is 0. The predicted molar refractivity (Wildman–Crippen MR) is 81.0 cm³/mol. The normalized spacial score (nSPS) is 10.9. The Bertz CT molecular complexity index is 611. The Hall–Kier alpha value is -2.17. The van der Waals surface area contributed by atoms with Crippen molar-refractivity contribution in [3.63, 3.8) is 0 Å². The number of hydrogen-bond donors (Lipinski definition) is 1. The molecule has 0 spiro atoms. The molecular formula is C15H19N3O2. The van der Waals surface area contributed by atoms with E-state index in [9.17, 15) is 10.1 Å². The van der Waals surface area contributed by atoms with E-state index in [0.717, 1.165) is 30.5 Å². The molecule has 0 unspecified atom stereocenters. The minimum Gasteiger partial charge on any atom is -0.384 e. The number of fused-ring (bicyclic) bond motifs is 1. The van der Waals surface area contributed by atoms with Crippen molar-refractivity contribution in [2.24, 2.45) is 5.92 Å². The van der Waals surface area contributed by atoms with E-state index in [4.69, 9.17) is 0 Å². The van der Waals surface area contributed by atoms with Crippen LogP contribution in [0.2, 0.25) is 0 Å². The molecule has 0 aliphatic rings. The molecule has 0 fully saturated rings. The van der Waals surface area contributed by atoms with Gasteiger partial charge in [0.1, 0.15) is 0 Å². The number of hydrogen-bond acceptors (Lipinski definition) is 4. The van der Waals surface area contributed by atoms with Crippen molar-refractivity contribution in [2.75, 3.05) is 11.9 Å². The van der Waals surface area contributed by atoms with Crippen molar-refractivity contribution >= 4 is 22.1 Å². The van der Waals surface area contributed by atoms with Crippen LogP contribution in [0.1, 0.15) is 26.7 Å². The maximum atomic E-state index is 11.0. The van der Waals surface area contributed by atoms with Crippen LogP contribution in [0, 0.1) is 16.0 Å². The van der Waals surface area contributed by atoms with Crippen LogP contribution in [0.3, 0.4) is 0 Å². The SMILES string of the molecule is CC(C)CCCNc1ccc([N+](=O)[O-])c2ccncc12. The van der Waals surface area contributed by atoms with Crippen LogP contribution >= 0.6 is 0 Å². The van der Waals surface area contributed by atoms with Gasteiger partial charge in [0.15, 0.2) is 0 Å². The zero-order valence-corrected chi connectivity index (χ0v) is 11.8. The number of non-ortho nitro benzene ring substituents is 1. The largest absolute Gasteiger partial charge is 0.384 e. The molecule has 2 rings (SSSR count). The first kappa shape index (κ1) is 14.2. The number of pyridine rings is 1. The second-order valence-corrected chi connectivity index (χ2v) is 5.27. The number of anilines is 1. The number of nitrogens with one attached hydrogen (secondary N) is 1. The Labute approximate surface area is 118 Å². The molecule has 20 heavy (non-hydrogen) atoms. The van der Waals surface area contributed by atoms with Crippen molar-refractivity contribution < 1.29 is 4.92 Å². The smallest absolute Gasteiger partial charge is 0.277 e. The first-order valence-corrected chi connectivity index (χ1v) is 6.84. The van der Waals surface area contributed by atoms with Gasteiger partial charge < -0.3 is 5.32 Å². The summed E-state index contributed by atoms with van der Waals surface area (Å²) in [6.45, 7) is 5.26. The fourth-order valence-corrected chi connectivity index (χ4v) is 2.22. The summed E-state index contributed by atoms with van der Waals surface area (Å²) in [7, 11) is 0. The lowest BCUT2D eigenvalue weighted by Crippen LogP contribution is -2.04. The zero-order valence-electron chi connectivity index (χ0n) is 11.8. The van der Waals surface area contributed by atoms with Crippen LogP contribution in [0.15, 0.2) is 30.6 Å². The summed E-state index contributed by atoms with van der Waals surface area (Å²) in [6, 6.07) is 5.00. The van der Waals surface area contributed by atoms with E-state index < -0.39 is 0 Å². The molecular weight excluding hydrogens is 254 g/mol. The van der Waals surface area contributed by atoms with Crippen LogP contribution in [0.25, 0.3) is 10.8 Å². The van der Waals surface area contributed by atoms with Gasteiger partial charge in [-0.1, -0.05) is 13.8 Å². The third-order valence-corrected chi connectivity index (χ3v) is 3.27. The van der Waals surface area contributed by atoms with Crippen LogP contribution in [0.5, 0.6) is 0 Å². The monoisotopic (exact) mass is 273 g/mol. The molecule has 1 aromatic heterocycles. The summed E-state index contributed by atoms with van der Waals surface area (Å²) in [5.74, 6) is 0.687. The van der Waals surface area contributed by atoms with Crippen molar-refractivity contribution in [1.29, 1.82) is 0 Å². The molecule has 0 saturated heterocycles. The summed E-state index contributed by atoms with van der Waals surface area (Å²) in [5, 5.41) is 15.8. The number of nitrogens with zero attached hydrogens (tertiary/aromatic N) is 2. The fourth-order valence-electron chi connectivity index (χ4n) is 2.22. The van der Waals surface area contributed by atoms with Gasteiger partial charge in [-0.15, -0.1) is 0 Å². The molecule has 0 bridgehead atoms. The molecule has 1 N–H and O–H groups in total. The standard InChI is InChI=1S/C15H19N3O2/c1-11(2)4-3-8-17-14-5-6-15(18(19)20)12-7-9-16-10-13(12)14/h5-7,9-11,17H,3-4,8H2,1-2H3. The maximum absolute atomic E-state index is 11.0. The third-order valence-electron chi connectivity index (χ3n) is 3.27. The van der Waals surface area contributed by atoms with Gasteiger partial charge in [-0.25, -0.2) is 0 Å². The zero-order chi connectivity index (χ0) is 14.5. The van der Waals surface area contributed by atoms with Gasteiger partial charge >= 0.3 is 0 Å². The highest BCUT2D eigenvalue weighted by Crippen LogP contribution is 2.30. The Balaban J connectivity index is 2.22. The molecule has 106 valence electrons. The molecule has 1 heterocycles. The van der Waals surface area contributed by atoms with Crippen molar-refractivity contribution in [2.45, 2.75) is 26.7 Å². The van der Waals surface area contributed by atoms with Crippen LogP contribution in [-0.2, 0) is 0 Å². The first-order valence-electron chi connectivity index (χ1n) is 6.84. The average Bonchev–Trinajstić information content (AvgIpc) is 2.43.